The fourth-order valence-electron chi connectivity index (χ4n) is 1.28. The van der Waals surface area contributed by atoms with Crippen molar-refractivity contribution in [1.82, 2.24) is 9.97 Å². The van der Waals surface area contributed by atoms with Gasteiger partial charge >= 0.3 is 0 Å². The second-order valence-corrected chi connectivity index (χ2v) is 3.56. The molecule has 0 fully saturated rings. The molecule has 1 aromatic rings. The lowest BCUT2D eigenvalue weighted by Crippen LogP contribution is -2.08. The summed E-state index contributed by atoms with van der Waals surface area (Å²) in [4.78, 5) is 7.96. The molecule has 3 N–H and O–H groups in total. The van der Waals surface area contributed by atoms with Gasteiger partial charge in [0, 0.05) is 13.0 Å². The van der Waals surface area contributed by atoms with Crippen molar-refractivity contribution >= 4 is 5.82 Å². The molecule has 0 atom stereocenters. The zero-order valence-electron chi connectivity index (χ0n) is 9.10. The maximum absolute atomic E-state index is 8.64. The minimum atomic E-state index is 0.109. The molecule has 84 valence electrons. The van der Waals surface area contributed by atoms with Crippen LogP contribution in [0.3, 0.4) is 0 Å². The molecule has 0 aliphatic heterocycles. The summed E-state index contributed by atoms with van der Waals surface area (Å²) in [7, 11) is 0. The largest absolute Gasteiger partial charge is 0.477 e. The van der Waals surface area contributed by atoms with E-state index < -0.39 is 0 Å². The van der Waals surface area contributed by atoms with Gasteiger partial charge in [0.1, 0.15) is 12.1 Å². The molecule has 1 heterocycles. The molecular weight excluding hydrogens is 194 g/mol. The van der Waals surface area contributed by atoms with Crippen LogP contribution in [0, 0.1) is 0 Å². The maximum atomic E-state index is 8.64. The number of nitrogens with two attached hydrogens (primary N) is 1. The molecule has 1 rings (SSSR count). The number of nitrogens with zero attached hydrogens (tertiary/aromatic N) is 2. The SMILES string of the molecule is CC(C)c1c(N)ncnc1OCCCO. The third-order valence-electron chi connectivity index (χ3n) is 2.00. The van der Waals surface area contributed by atoms with Crippen molar-refractivity contribution in [2.75, 3.05) is 18.9 Å². The summed E-state index contributed by atoms with van der Waals surface area (Å²) < 4.78 is 5.43. The molecule has 0 spiro atoms. The summed E-state index contributed by atoms with van der Waals surface area (Å²) in [5.74, 6) is 1.19. The number of rotatable bonds is 5. The molecule has 1 aromatic heterocycles. The average Bonchev–Trinajstić information content (AvgIpc) is 2.17. The Kier molecular flexibility index (Phi) is 4.30. The molecule has 0 aromatic carbocycles. The van der Waals surface area contributed by atoms with E-state index in [1.807, 2.05) is 13.8 Å². The smallest absolute Gasteiger partial charge is 0.222 e. The first-order valence-corrected chi connectivity index (χ1v) is 5.00. The Labute approximate surface area is 89.3 Å². The summed E-state index contributed by atoms with van der Waals surface area (Å²) in [6.45, 7) is 4.56. The highest BCUT2D eigenvalue weighted by atomic mass is 16.5. The van der Waals surface area contributed by atoms with Crippen molar-refractivity contribution in [2.24, 2.45) is 0 Å². The Morgan fingerprint density at radius 1 is 1.47 bits per heavy atom. The highest BCUT2D eigenvalue weighted by Crippen LogP contribution is 2.27. The predicted octanol–water partition coefficient (Wildman–Crippen LogP) is 0.943. The fraction of sp³-hybridized carbons (Fsp3) is 0.600. The van der Waals surface area contributed by atoms with E-state index in [1.54, 1.807) is 0 Å². The summed E-state index contributed by atoms with van der Waals surface area (Å²) in [5.41, 5.74) is 6.58. The van der Waals surface area contributed by atoms with Crippen LogP contribution in [-0.4, -0.2) is 28.3 Å². The van der Waals surface area contributed by atoms with Crippen LogP contribution in [0.5, 0.6) is 5.88 Å². The Morgan fingerprint density at radius 2 is 2.20 bits per heavy atom. The summed E-state index contributed by atoms with van der Waals surface area (Å²) in [5, 5.41) is 8.64. The lowest BCUT2D eigenvalue weighted by atomic mass is 10.1. The van der Waals surface area contributed by atoms with Crippen LogP contribution >= 0.6 is 0 Å². The number of aromatic nitrogens is 2. The third-order valence-corrected chi connectivity index (χ3v) is 2.00. The standard InChI is InChI=1S/C10H17N3O2/c1-7(2)8-9(11)12-6-13-10(8)15-5-3-4-14/h6-7,14H,3-5H2,1-2H3,(H2,11,12,13). The lowest BCUT2D eigenvalue weighted by molar-refractivity contribution is 0.227. The van der Waals surface area contributed by atoms with E-state index in [2.05, 4.69) is 9.97 Å². The Morgan fingerprint density at radius 3 is 2.80 bits per heavy atom. The van der Waals surface area contributed by atoms with E-state index in [9.17, 15) is 0 Å². The minimum absolute atomic E-state index is 0.109. The number of aliphatic hydroxyl groups is 1. The fourth-order valence-corrected chi connectivity index (χ4v) is 1.28. The van der Waals surface area contributed by atoms with Crippen molar-refractivity contribution < 1.29 is 9.84 Å². The molecule has 0 radical (unpaired) electrons. The first-order chi connectivity index (χ1) is 7.16. The predicted molar refractivity (Wildman–Crippen MR) is 57.7 cm³/mol. The summed E-state index contributed by atoms with van der Waals surface area (Å²) in [6.07, 6.45) is 1.97. The van der Waals surface area contributed by atoms with Crippen molar-refractivity contribution in [3.05, 3.63) is 11.9 Å². The zero-order chi connectivity index (χ0) is 11.3. The van der Waals surface area contributed by atoms with E-state index in [4.69, 9.17) is 15.6 Å². The molecule has 0 bridgehead atoms. The Hall–Kier alpha value is -1.36. The molecule has 0 unspecified atom stereocenters. The number of hydrogen-bond acceptors (Lipinski definition) is 5. The van der Waals surface area contributed by atoms with Crippen molar-refractivity contribution in [2.45, 2.75) is 26.2 Å². The highest BCUT2D eigenvalue weighted by molar-refractivity contribution is 5.46. The first-order valence-electron chi connectivity index (χ1n) is 5.00. The first kappa shape index (κ1) is 11.7. The normalized spacial score (nSPS) is 10.7. The van der Waals surface area contributed by atoms with Crippen LogP contribution in [-0.2, 0) is 0 Å². The quantitative estimate of drug-likeness (QED) is 0.708. The van der Waals surface area contributed by atoms with Gasteiger partial charge in [-0.1, -0.05) is 13.8 Å². The van der Waals surface area contributed by atoms with Crippen LogP contribution in [0.4, 0.5) is 5.82 Å². The van der Waals surface area contributed by atoms with E-state index in [1.165, 1.54) is 6.33 Å². The van der Waals surface area contributed by atoms with Gasteiger partial charge in [0.25, 0.3) is 0 Å². The van der Waals surface area contributed by atoms with E-state index in [0.29, 0.717) is 24.7 Å². The van der Waals surface area contributed by atoms with E-state index in [0.717, 1.165) is 5.56 Å². The molecule has 0 saturated heterocycles. The molecular formula is C10H17N3O2. The maximum Gasteiger partial charge on any atom is 0.222 e. The minimum Gasteiger partial charge on any atom is -0.477 e. The van der Waals surface area contributed by atoms with Gasteiger partial charge in [-0.05, 0) is 5.92 Å². The monoisotopic (exact) mass is 211 g/mol. The van der Waals surface area contributed by atoms with Gasteiger partial charge < -0.3 is 15.6 Å². The number of hydrogen-bond donors (Lipinski definition) is 2. The zero-order valence-corrected chi connectivity index (χ0v) is 9.10. The van der Waals surface area contributed by atoms with Crippen LogP contribution in [0.2, 0.25) is 0 Å². The molecule has 0 amide bonds. The highest BCUT2D eigenvalue weighted by Gasteiger charge is 2.13. The average molecular weight is 211 g/mol. The topological polar surface area (TPSA) is 81.3 Å². The van der Waals surface area contributed by atoms with Gasteiger partial charge in [0.2, 0.25) is 5.88 Å². The van der Waals surface area contributed by atoms with Gasteiger partial charge in [-0.15, -0.1) is 0 Å². The Bertz CT molecular complexity index is 316. The van der Waals surface area contributed by atoms with Crippen LogP contribution in [0.1, 0.15) is 31.7 Å². The van der Waals surface area contributed by atoms with Crippen molar-refractivity contribution in [3.63, 3.8) is 0 Å². The number of aliphatic hydroxyl groups excluding tert-OH is 1. The molecule has 0 saturated carbocycles. The van der Waals surface area contributed by atoms with Crippen molar-refractivity contribution in [1.29, 1.82) is 0 Å². The molecule has 15 heavy (non-hydrogen) atoms. The lowest BCUT2D eigenvalue weighted by Gasteiger charge is -2.13. The van der Waals surface area contributed by atoms with Gasteiger partial charge in [0.15, 0.2) is 0 Å². The second-order valence-electron chi connectivity index (χ2n) is 3.56. The van der Waals surface area contributed by atoms with Gasteiger partial charge in [0.05, 0.1) is 12.2 Å². The van der Waals surface area contributed by atoms with Crippen molar-refractivity contribution in [3.8, 4) is 5.88 Å². The molecule has 0 aliphatic rings. The molecule has 5 heteroatoms. The number of nitrogen functional groups attached to an aromatic ring is 1. The summed E-state index contributed by atoms with van der Waals surface area (Å²) >= 11 is 0. The Balaban J connectivity index is 2.81. The van der Waals surface area contributed by atoms with Gasteiger partial charge in [-0.25, -0.2) is 9.97 Å². The molecule has 5 nitrogen and oxygen atoms in total. The van der Waals surface area contributed by atoms with Gasteiger partial charge in [-0.3, -0.25) is 0 Å². The van der Waals surface area contributed by atoms with Crippen LogP contribution in [0.25, 0.3) is 0 Å². The summed E-state index contributed by atoms with van der Waals surface area (Å²) in [6, 6.07) is 0. The second kappa shape index (κ2) is 5.50. The van der Waals surface area contributed by atoms with E-state index in [-0.39, 0.29) is 12.5 Å². The van der Waals surface area contributed by atoms with Crippen LogP contribution < -0.4 is 10.5 Å². The number of anilines is 1. The van der Waals surface area contributed by atoms with E-state index >= 15 is 0 Å². The molecule has 0 aliphatic carbocycles. The number of ether oxygens (including phenoxy) is 1. The van der Waals surface area contributed by atoms with Crippen LogP contribution in [0.15, 0.2) is 6.33 Å². The third kappa shape index (κ3) is 3.06. The van der Waals surface area contributed by atoms with Gasteiger partial charge in [-0.2, -0.15) is 0 Å².